The Morgan fingerprint density at radius 2 is 2.14 bits per heavy atom. The summed E-state index contributed by atoms with van der Waals surface area (Å²) in [5.41, 5.74) is 2.20. The number of rotatable bonds is 4. The Morgan fingerprint density at radius 3 is 2.79 bits per heavy atom. The fraction of sp³-hybridized carbons (Fsp3) is 0.429. The van der Waals surface area contributed by atoms with E-state index in [0.29, 0.717) is 0 Å². The van der Waals surface area contributed by atoms with Crippen LogP contribution in [0.2, 0.25) is 0 Å². The SMILES string of the molecule is [C]#Cc1cccc(CCCC(C)C)c1. The molecular weight excluding hydrogens is 168 g/mol. The summed E-state index contributed by atoms with van der Waals surface area (Å²) in [6.07, 6.45) is 10.7. The summed E-state index contributed by atoms with van der Waals surface area (Å²) < 4.78 is 0. The van der Waals surface area contributed by atoms with Gasteiger partial charge in [0.15, 0.2) is 0 Å². The van der Waals surface area contributed by atoms with Gasteiger partial charge in [0.25, 0.3) is 0 Å². The molecule has 0 aliphatic heterocycles. The van der Waals surface area contributed by atoms with E-state index in [1.807, 2.05) is 18.2 Å². The van der Waals surface area contributed by atoms with Crippen molar-refractivity contribution in [3.63, 3.8) is 0 Å². The van der Waals surface area contributed by atoms with Crippen LogP contribution < -0.4 is 0 Å². The maximum atomic E-state index is 7.04. The number of benzene rings is 1. The summed E-state index contributed by atoms with van der Waals surface area (Å²) in [7, 11) is 0. The summed E-state index contributed by atoms with van der Waals surface area (Å²) in [5, 5.41) is 0. The molecule has 0 nitrogen and oxygen atoms in total. The van der Waals surface area contributed by atoms with Gasteiger partial charge in [-0.2, -0.15) is 0 Å². The van der Waals surface area contributed by atoms with Crippen LogP contribution in [0.15, 0.2) is 24.3 Å². The molecule has 1 radical (unpaired) electrons. The van der Waals surface area contributed by atoms with E-state index in [9.17, 15) is 0 Å². The van der Waals surface area contributed by atoms with Gasteiger partial charge in [-0.1, -0.05) is 38.3 Å². The molecular formula is C14H17. The van der Waals surface area contributed by atoms with E-state index >= 15 is 0 Å². The van der Waals surface area contributed by atoms with Crippen LogP contribution >= 0.6 is 0 Å². The molecule has 0 aromatic heterocycles. The van der Waals surface area contributed by atoms with Gasteiger partial charge in [0.2, 0.25) is 0 Å². The van der Waals surface area contributed by atoms with Gasteiger partial charge in [-0.3, -0.25) is 0 Å². The van der Waals surface area contributed by atoms with Gasteiger partial charge in [0.1, 0.15) is 0 Å². The van der Waals surface area contributed by atoms with Gasteiger partial charge in [0, 0.05) is 5.56 Å². The van der Waals surface area contributed by atoms with Crippen LogP contribution in [0.5, 0.6) is 0 Å². The normalized spacial score (nSPS) is 10.1. The van der Waals surface area contributed by atoms with E-state index in [1.54, 1.807) is 0 Å². The van der Waals surface area contributed by atoms with Crippen molar-refractivity contribution in [3.05, 3.63) is 41.8 Å². The first-order valence-electron chi connectivity index (χ1n) is 5.24. The zero-order chi connectivity index (χ0) is 10.4. The number of hydrogen-bond donors (Lipinski definition) is 0. The lowest BCUT2D eigenvalue weighted by molar-refractivity contribution is 0.556. The zero-order valence-electron chi connectivity index (χ0n) is 9.01. The molecule has 1 aromatic carbocycles. The molecule has 0 saturated heterocycles. The first-order chi connectivity index (χ1) is 6.72. The van der Waals surface area contributed by atoms with Crippen molar-refractivity contribution >= 4 is 0 Å². The third-order valence-corrected chi connectivity index (χ3v) is 2.32. The van der Waals surface area contributed by atoms with Crippen molar-refractivity contribution in [2.75, 3.05) is 0 Å². The quantitative estimate of drug-likeness (QED) is 0.629. The highest BCUT2D eigenvalue weighted by atomic mass is 14.0. The molecule has 0 bridgehead atoms. The second-order valence-corrected chi connectivity index (χ2v) is 4.11. The Bertz CT molecular complexity index is 315. The van der Waals surface area contributed by atoms with Crippen molar-refractivity contribution in [3.8, 4) is 5.92 Å². The Labute approximate surface area is 87.4 Å². The fourth-order valence-electron chi connectivity index (χ4n) is 1.52. The van der Waals surface area contributed by atoms with Crippen molar-refractivity contribution in [1.82, 2.24) is 0 Å². The standard InChI is InChI=1S/C14H17/c1-4-13-8-6-10-14(11-13)9-5-7-12(2)3/h6,8,10-12H,5,7,9H2,2-3H3. The minimum Gasteiger partial charge on any atom is -0.0628 e. The third-order valence-electron chi connectivity index (χ3n) is 2.32. The molecule has 1 aromatic rings. The largest absolute Gasteiger partial charge is 0.0628 e. The van der Waals surface area contributed by atoms with E-state index in [-0.39, 0.29) is 0 Å². The van der Waals surface area contributed by atoms with Crippen molar-refractivity contribution in [2.45, 2.75) is 33.1 Å². The second kappa shape index (κ2) is 5.50. The van der Waals surface area contributed by atoms with Gasteiger partial charge in [-0.25, -0.2) is 0 Å². The molecule has 0 heteroatoms. The first-order valence-corrected chi connectivity index (χ1v) is 5.24. The van der Waals surface area contributed by atoms with Crippen molar-refractivity contribution < 1.29 is 0 Å². The van der Waals surface area contributed by atoms with E-state index in [0.717, 1.165) is 17.9 Å². The summed E-state index contributed by atoms with van der Waals surface area (Å²) in [4.78, 5) is 0. The molecule has 0 aliphatic carbocycles. The Morgan fingerprint density at radius 1 is 1.36 bits per heavy atom. The smallest absolute Gasteiger partial charge is 0.0258 e. The molecule has 14 heavy (non-hydrogen) atoms. The van der Waals surface area contributed by atoms with Gasteiger partial charge in [-0.05, 0) is 42.9 Å². The number of hydrogen-bond acceptors (Lipinski definition) is 0. The van der Waals surface area contributed by atoms with E-state index in [1.165, 1.54) is 18.4 Å². The molecule has 0 heterocycles. The van der Waals surface area contributed by atoms with Crippen LogP contribution in [0, 0.1) is 18.3 Å². The van der Waals surface area contributed by atoms with Crippen molar-refractivity contribution in [1.29, 1.82) is 0 Å². The van der Waals surface area contributed by atoms with Crippen LogP contribution in [-0.2, 0) is 6.42 Å². The van der Waals surface area contributed by atoms with Crippen LogP contribution in [0.1, 0.15) is 37.8 Å². The summed E-state index contributed by atoms with van der Waals surface area (Å²) >= 11 is 0. The minimum atomic E-state index is 0.785. The molecule has 0 unspecified atom stereocenters. The van der Waals surface area contributed by atoms with Gasteiger partial charge in [-0.15, -0.1) is 0 Å². The molecule has 0 aliphatic rings. The molecule has 0 fully saturated rings. The van der Waals surface area contributed by atoms with E-state index in [2.05, 4.69) is 25.8 Å². The Balaban J connectivity index is 2.47. The summed E-state index contributed by atoms with van der Waals surface area (Å²) in [5.74, 6) is 3.20. The van der Waals surface area contributed by atoms with Crippen LogP contribution in [0.4, 0.5) is 0 Å². The van der Waals surface area contributed by atoms with E-state index in [4.69, 9.17) is 6.42 Å². The van der Waals surface area contributed by atoms with Crippen LogP contribution in [0.3, 0.4) is 0 Å². The maximum absolute atomic E-state index is 7.04. The van der Waals surface area contributed by atoms with Gasteiger partial charge < -0.3 is 0 Å². The Kier molecular flexibility index (Phi) is 4.26. The predicted octanol–water partition coefficient (Wildman–Crippen LogP) is 3.60. The lowest BCUT2D eigenvalue weighted by Crippen LogP contribution is -1.91. The monoisotopic (exact) mass is 185 g/mol. The topological polar surface area (TPSA) is 0 Å². The molecule has 0 atom stereocenters. The zero-order valence-corrected chi connectivity index (χ0v) is 9.01. The highest BCUT2D eigenvalue weighted by Crippen LogP contribution is 2.11. The second-order valence-electron chi connectivity index (χ2n) is 4.11. The highest BCUT2D eigenvalue weighted by Gasteiger charge is 1.97. The summed E-state index contributed by atoms with van der Waals surface area (Å²) in [6.45, 7) is 4.50. The van der Waals surface area contributed by atoms with Crippen LogP contribution in [-0.4, -0.2) is 0 Å². The predicted molar refractivity (Wildman–Crippen MR) is 60.5 cm³/mol. The Hall–Kier alpha value is -1.22. The molecule has 0 spiro atoms. The first kappa shape index (κ1) is 10.9. The molecule has 0 N–H and O–H groups in total. The fourth-order valence-corrected chi connectivity index (χ4v) is 1.52. The van der Waals surface area contributed by atoms with E-state index < -0.39 is 0 Å². The van der Waals surface area contributed by atoms with Crippen LogP contribution in [0.25, 0.3) is 0 Å². The van der Waals surface area contributed by atoms with Gasteiger partial charge >= 0.3 is 0 Å². The average molecular weight is 185 g/mol. The third kappa shape index (κ3) is 3.66. The lowest BCUT2D eigenvalue weighted by Gasteiger charge is -2.04. The molecule has 73 valence electrons. The highest BCUT2D eigenvalue weighted by molar-refractivity contribution is 5.33. The maximum Gasteiger partial charge on any atom is 0.0258 e. The van der Waals surface area contributed by atoms with Crippen molar-refractivity contribution in [2.24, 2.45) is 5.92 Å². The lowest BCUT2D eigenvalue weighted by atomic mass is 10.0. The average Bonchev–Trinajstić information content (AvgIpc) is 2.18. The molecule has 1 rings (SSSR count). The number of aryl methyl sites for hydroxylation is 1. The van der Waals surface area contributed by atoms with Gasteiger partial charge in [0.05, 0.1) is 0 Å². The minimum absolute atomic E-state index is 0.785. The molecule has 0 saturated carbocycles. The molecule has 0 amide bonds. The summed E-state index contributed by atoms with van der Waals surface area (Å²) in [6, 6.07) is 8.09.